The van der Waals surface area contributed by atoms with Crippen LogP contribution in [0.15, 0.2) is 48.7 Å². The number of nitrogens with zero attached hydrogens (tertiary/aromatic N) is 7. The van der Waals surface area contributed by atoms with Gasteiger partial charge in [-0.25, -0.2) is 4.52 Å². The Morgan fingerprint density at radius 3 is 2.45 bits per heavy atom. The quantitative estimate of drug-likeness (QED) is 0.437. The number of halogens is 3. The number of benzene rings is 1. The first-order chi connectivity index (χ1) is 20.9. The fraction of sp³-hybridized carbons (Fsp3) is 0.433. The van der Waals surface area contributed by atoms with Crippen LogP contribution < -0.4 is 5.32 Å². The lowest BCUT2D eigenvalue weighted by Crippen LogP contribution is -2.58. The molecule has 2 aromatic heterocycles. The van der Waals surface area contributed by atoms with Gasteiger partial charge in [-0.05, 0) is 55.4 Å². The van der Waals surface area contributed by atoms with Crippen molar-refractivity contribution >= 4 is 40.6 Å². The minimum Gasteiger partial charge on any atom is -0.347 e. The van der Waals surface area contributed by atoms with E-state index in [1.807, 2.05) is 30.2 Å². The van der Waals surface area contributed by atoms with Gasteiger partial charge in [0, 0.05) is 76.3 Å². The number of rotatable bonds is 7. The second-order valence-electron chi connectivity index (χ2n) is 11.2. The van der Waals surface area contributed by atoms with E-state index in [9.17, 15) is 27.6 Å². The van der Waals surface area contributed by atoms with Crippen LogP contribution >= 0.6 is 0 Å². The number of pyridine rings is 1. The Morgan fingerprint density at radius 1 is 1.05 bits per heavy atom. The lowest BCUT2D eigenvalue weighted by molar-refractivity contribution is -0.148. The molecule has 1 atom stereocenters. The van der Waals surface area contributed by atoms with Gasteiger partial charge >= 0.3 is 6.18 Å². The molecule has 1 saturated heterocycles. The summed E-state index contributed by atoms with van der Waals surface area (Å²) in [5, 5.41) is 7.68. The van der Waals surface area contributed by atoms with Crippen LogP contribution in [0.2, 0.25) is 0 Å². The summed E-state index contributed by atoms with van der Waals surface area (Å²) in [6.45, 7) is 2.02. The number of hydrogen-bond donors (Lipinski definition) is 1. The summed E-state index contributed by atoms with van der Waals surface area (Å²) in [5.41, 5.74) is 3.56. The molecule has 2 aliphatic rings. The van der Waals surface area contributed by atoms with E-state index in [1.165, 1.54) is 4.90 Å². The van der Waals surface area contributed by atoms with Crippen molar-refractivity contribution in [3.8, 4) is 0 Å². The smallest absolute Gasteiger partial charge is 0.347 e. The fourth-order valence-corrected chi connectivity index (χ4v) is 5.39. The average molecular weight is 613 g/mol. The predicted molar refractivity (Wildman–Crippen MR) is 158 cm³/mol. The number of piperazine rings is 1. The summed E-state index contributed by atoms with van der Waals surface area (Å²) >= 11 is 0. The molecule has 1 fully saturated rings. The highest BCUT2D eigenvalue weighted by molar-refractivity contribution is 5.95. The molecule has 11 nitrogen and oxygen atoms in total. The lowest BCUT2D eigenvalue weighted by atomic mass is 10.00. The first-order valence-corrected chi connectivity index (χ1v) is 14.4. The normalized spacial score (nSPS) is 17.9. The topological polar surface area (TPSA) is 106 Å². The average Bonchev–Trinajstić information content (AvgIpc) is 3.42. The number of carbonyl (C=O) groups is 3. The zero-order chi connectivity index (χ0) is 31.6. The molecule has 0 radical (unpaired) electrons. The first-order valence-electron chi connectivity index (χ1n) is 14.4. The first kappa shape index (κ1) is 31.0. The van der Waals surface area contributed by atoms with Gasteiger partial charge in [-0.15, -0.1) is 5.10 Å². The molecule has 14 heteroatoms. The minimum atomic E-state index is -4.36. The molecule has 44 heavy (non-hydrogen) atoms. The van der Waals surface area contributed by atoms with Crippen LogP contribution in [-0.2, 0) is 9.59 Å². The summed E-state index contributed by atoms with van der Waals surface area (Å²) in [6, 6.07) is 10.3. The number of likely N-dealkylation sites (N-methyl/N-ethyl adjacent to an activating group) is 2. The molecule has 0 aliphatic carbocycles. The van der Waals surface area contributed by atoms with Crippen LogP contribution in [0.25, 0.3) is 11.2 Å². The van der Waals surface area contributed by atoms with Gasteiger partial charge in [0.05, 0.1) is 6.42 Å². The zero-order valence-electron chi connectivity index (χ0n) is 24.8. The molecule has 234 valence electrons. The number of nitrogens with one attached hydrogen (secondary N) is 1. The summed E-state index contributed by atoms with van der Waals surface area (Å²) < 4.78 is 39.2. The molecule has 1 N–H and O–H groups in total. The van der Waals surface area contributed by atoms with E-state index in [1.54, 1.807) is 58.9 Å². The van der Waals surface area contributed by atoms with Crippen molar-refractivity contribution in [3.63, 3.8) is 0 Å². The molecule has 1 unspecified atom stereocenters. The van der Waals surface area contributed by atoms with Crippen LogP contribution in [0.5, 0.6) is 0 Å². The summed E-state index contributed by atoms with van der Waals surface area (Å²) in [7, 11) is 5.30. The van der Waals surface area contributed by atoms with Crippen LogP contribution in [0.4, 0.5) is 24.8 Å². The minimum absolute atomic E-state index is 0.0376. The van der Waals surface area contributed by atoms with Crippen LogP contribution in [0.3, 0.4) is 0 Å². The number of fused-ring (bicyclic) bond motifs is 1. The van der Waals surface area contributed by atoms with Gasteiger partial charge in [-0.1, -0.05) is 6.08 Å². The van der Waals surface area contributed by atoms with Crippen LogP contribution in [0, 0.1) is 0 Å². The molecular formula is C30H35F3N8O3. The second kappa shape index (κ2) is 12.6. The van der Waals surface area contributed by atoms with E-state index < -0.39 is 24.9 Å². The molecule has 0 saturated carbocycles. The van der Waals surface area contributed by atoms with E-state index >= 15 is 0 Å². The Balaban J connectivity index is 1.24. The van der Waals surface area contributed by atoms with Crippen molar-refractivity contribution < 1.29 is 27.6 Å². The number of amides is 3. The maximum Gasteiger partial charge on any atom is 0.389 e. The van der Waals surface area contributed by atoms with E-state index in [4.69, 9.17) is 0 Å². The Kier molecular flexibility index (Phi) is 8.90. The SMILES string of the molecule is CN(C)C(=O)C1CN(C(=O)c2ccc(Nc3nc4c(C5=CCN(C(=O)CCC(F)(F)F)CC5)cccn4n3)cc2)CCN1C. The van der Waals surface area contributed by atoms with Gasteiger partial charge in [-0.2, -0.15) is 18.2 Å². The Labute approximate surface area is 252 Å². The Morgan fingerprint density at radius 2 is 1.80 bits per heavy atom. The standard InChI is InChI=1S/C30H35F3N8O3/c1-37(2)28(44)24-19-40(18-17-38(24)3)27(43)21-6-8-22(9-7-21)34-29-35-26-23(5-4-14-41(26)36-29)20-11-15-39(16-12-20)25(42)10-13-30(31,32)33/h4-9,11,14,24H,10,12-13,15-19H2,1-3H3,(H,34,36). The van der Waals surface area contributed by atoms with E-state index in [-0.39, 0.29) is 24.4 Å². The van der Waals surface area contributed by atoms with Gasteiger partial charge < -0.3 is 20.0 Å². The molecular weight excluding hydrogens is 577 g/mol. The molecule has 5 rings (SSSR count). The van der Waals surface area contributed by atoms with Gasteiger partial charge in [0.1, 0.15) is 6.04 Å². The van der Waals surface area contributed by atoms with Gasteiger partial charge in [0.15, 0.2) is 5.65 Å². The third-order valence-corrected chi connectivity index (χ3v) is 7.94. The lowest BCUT2D eigenvalue weighted by Gasteiger charge is -2.39. The van der Waals surface area contributed by atoms with Crippen molar-refractivity contribution in [2.24, 2.45) is 0 Å². The monoisotopic (exact) mass is 612 g/mol. The largest absolute Gasteiger partial charge is 0.389 e. The molecule has 3 amide bonds. The summed E-state index contributed by atoms with van der Waals surface area (Å²) in [5.74, 6) is -0.340. The number of hydrogen-bond acceptors (Lipinski definition) is 7. The van der Waals surface area contributed by atoms with Crippen molar-refractivity contribution in [3.05, 3.63) is 59.8 Å². The predicted octanol–water partition coefficient (Wildman–Crippen LogP) is 3.28. The fourth-order valence-electron chi connectivity index (χ4n) is 5.39. The van der Waals surface area contributed by atoms with Crippen molar-refractivity contribution in [1.82, 2.24) is 34.2 Å². The van der Waals surface area contributed by atoms with E-state index in [0.717, 1.165) is 11.1 Å². The highest BCUT2D eigenvalue weighted by Gasteiger charge is 2.33. The van der Waals surface area contributed by atoms with Crippen LogP contribution in [0.1, 0.15) is 35.2 Å². The van der Waals surface area contributed by atoms with Crippen LogP contribution in [-0.4, -0.2) is 118 Å². The van der Waals surface area contributed by atoms with Gasteiger partial charge in [0.25, 0.3) is 5.91 Å². The second-order valence-corrected chi connectivity index (χ2v) is 11.2. The van der Waals surface area contributed by atoms with E-state index in [2.05, 4.69) is 15.4 Å². The number of aromatic nitrogens is 3. The van der Waals surface area contributed by atoms with Crippen molar-refractivity contribution in [1.29, 1.82) is 0 Å². The molecule has 4 heterocycles. The highest BCUT2D eigenvalue weighted by Crippen LogP contribution is 2.28. The molecule has 2 aliphatic heterocycles. The molecule has 0 spiro atoms. The zero-order valence-corrected chi connectivity index (χ0v) is 24.8. The highest BCUT2D eigenvalue weighted by atomic mass is 19.4. The van der Waals surface area contributed by atoms with Crippen molar-refractivity contribution in [2.75, 3.05) is 59.2 Å². The van der Waals surface area contributed by atoms with Crippen molar-refractivity contribution in [2.45, 2.75) is 31.5 Å². The Hall–Kier alpha value is -4.46. The number of anilines is 2. The maximum atomic E-state index is 13.2. The maximum absolute atomic E-state index is 13.2. The molecule has 1 aromatic carbocycles. The van der Waals surface area contributed by atoms with Gasteiger partial charge in [0.2, 0.25) is 17.8 Å². The Bertz CT molecular complexity index is 1570. The summed E-state index contributed by atoms with van der Waals surface area (Å²) in [6.07, 6.45) is -1.93. The summed E-state index contributed by atoms with van der Waals surface area (Å²) in [4.78, 5) is 49.3. The third-order valence-electron chi connectivity index (χ3n) is 7.94. The van der Waals surface area contributed by atoms with Gasteiger partial charge in [-0.3, -0.25) is 19.3 Å². The third kappa shape index (κ3) is 7.01. The molecule has 0 bridgehead atoms. The number of carbonyl (C=O) groups excluding carboxylic acids is 3. The van der Waals surface area contributed by atoms with E-state index in [0.29, 0.717) is 55.4 Å². The molecule has 3 aromatic rings. The number of alkyl halides is 3.